The maximum atomic E-state index is 11.9. The van der Waals surface area contributed by atoms with Crippen molar-refractivity contribution in [1.82, 2.24) is 0 Å². The molecule has 4 aromatic rings. The van der Waals surface area contributed by atoms with Crippen molar-refractivity contribution in [2.24, 2.45) is 0 Å². The molecular weight excluding hydrogens is 888 g/mol. The van der Waals surface area contributed by atoms with Crippen LogP contribution in [0.4, 0.5) is 11.4 Å². The zero-order valence-electron chi connectivity index (χ0n) is 33.3. The van der Waals surface area contributed by atoms with Crippen molar-refractivity contribution >= 4 is 90.7 Å². The predicted octanol–water partition coefficient (Wildman–Crippen LogP) is 6.11. The van der Waals surface area contributed by atoms with E-state index < -0.39 is 62.8 Å². The van der Waals surface area contributed by atoms with Crippen LogP contribution in [-0.2, 0) is 51.3 Å². The van der Waals surface area contributed by atoms with E-state index in [9.17, 15) is 51.9 Å². The highest BCUT2D eigenvalue weighted by Crippen LogP contribution is 2.51. The van der Waals surface area contributed by atoms with Gasteiger partial charge in [0, 0.05) is 46.1 Å². The van der Waals surface area contributed by atoms with Crippen molar-refractivity contribution in [2.45, 2.75) is 67.6 Å². The van der Waals surface area contributed by atoms with Gasteiger partial charge in [-0.25, -0.2) is 33.7 Å². The third-order valence-corrected chi connectivity index (χ3v) is 15.2. The molecule has 0 spiro atoms. The van der Waals surface area contributed by atoms with Gasteiger partial charge in [0.15, 0.2) is 12.3 Å². The summed E-state index contributed by atoms with van der Waals surface area (Å²) in [6, 6.07) is 14.8. The van der Waals surface area contributed by atoms with Gasteiger partial charge in [-0.2, -0.15) is 4.58 Å². The molecule has 0 saturated carbocycles. The van der Waals surface area contributed by atoms with Crippen LogP contribution >= 0.6 is 11.6 Å². The van der Waals surface area contributed by atoms with Gasteiger partial charge in [0.1, 0.15) is 30.4 Å². The third kappa shape index (κ3) is 8.74. The van der Waals surface area contributed by atoms with Crippen LogP contribution < -0.4 is 4.90 Å². The Hall–Kier alpha value is -4.24. The van der Waals surface area contributed by atoms with E-state index in [1.54, 1.807) is 45.9 Å². The lowest BCUT2D eigenvalue weighted by Gasteiger charge is -2.28. The van der Waals surface area contributed by atoms with Crippen molar-refractivity contribution in [3.8, 4) is 0 Å². The molecule has 0 bridgehead atoms. The van der Waals surface area contributed by atoms with Crippen LogP contribution in [0.1, 0.15) is 58.1 Å². The number of nitrogens with zero attached hydrogens (tertiary/aromatic N) is 2. The van der Waals surface area contributed by atoms with Gasteiger partial charge in [-0.05, 0) is 114 Å². The van der Waals surface area contributed by atoms with Crippen molar-refractivity contribution < 1.29 is 56.5 Å². The summed E-state index contributed by atoms with van der Waals surface area (Å²) >= 11 is 7.12. The molecule has 0 radical (unpaired) electrons. The number of allylic oxidation sites excluding steroid dienone is 8. The fourth-order valence-corrected chi connectivity index (χ4v) is 11.0. The molecule has 2 aliphatic heterocycles. The Labute approximate surface area is 360 Å². The molecule has 0 N–H and O–H groups in total. The highest BCUT2D eigenvalue weighted by molar-refractivity contribution is 7.86. The summed E-state index contributed by atoms with van der Waals surface area (Å²) < 4.78 is 144. The number of hydrogen-bond donors (Lipinski definition) is 0. The first kappa shape index (κ1) is 44.8. The molecule has 0 unspecified atom stereocenters. The van der Waals surface area contributed by atoms with Gasteiger partial charge in [0.05, 0.1) is 36.8 Å². The summed E-state index contributed by atoms with van der Waals surface area (Å²) in [7, 11) is -18.7. The van der Waals surface area contributed by atoms with Gasteiger partial charge in [-0.1, -0.05) is 55.8 Å². The molecule has 19 heteroatoms. The smallest absolute Gasteiger partial charge is 0.210 e. The number of fused-ring (bicyclic) bond motifs is 6. The molecule has 0 saturated heterocycles. The minimum Gasteiger partial charge on any atom is -0.748 e. The van der Waals surface area contributed by atoms with Crippen LogP contribution in [0.3, 0.4) is 0 Å². The lowest BCUT2D eigenvalue weighted by molar-refractivity contribution is -0.432. The first-order chi connectivity index (χ1) is 28.2. The first-order valence-corrected chi connectivity index (χ1v) is 25.4. The van der Waals surface area contributed by atoms with Crippen LogP contribution in [0.25, 0.3) is 21.5 Å². The van der Waals surface area contributed by atoms with E-state index in [4.69, 9.17) is 11.6 Å². The number of rotatable bonds is 11. The minimum atomic E-state index is -4.73. The van der Waals surface area contributed by atoms with E-state index in [0.717, 1.165) is 22.3 Å². The zero-order chi connectivity index (χ0) is 44.7. The SMILES string of the molecule is CC1(C)C(/C=C/C2=C(Cl)C(=C/C=C3\N(CCS(=O)(=O)[O-])c4ccc5cc(S(=O)(=O)[O-])ccc5c4C3(C)C)/CCC2)=[N+](CCS(=O)(=O)[O-])c2ccc3cc(S(=O)(=O)[O-])ccc3c21. The molecule has 2 heterocycles. The van der Waals surface area contributed by atoms with Gasteiger partial charge in [-0.3, -0.25) is 0 Å². The van der Waals surface area contributed by atoms with Gasteiger partial charge < -0.3 is 23.1 Å². The molecule has 7 rings (SSSR count). The summed E-state index contributed by atoms with van der Waals surface area (Å²) in [4.78, 5) is 0.970. The molecule has 61 heavy (non-hydrogen) atoms. The quantitative estimate of drug-likeness (QED) is 0.122. The second-order valence-electron chi connectivity index (χ2n) is 16.3. The average Bonchev–Trinajstić information content (AvgIpc) is 3.51. The molecule has 3 aliphatic rings. The van der Waals surface area contributed by atoms with E-state index in [-0.39, 0.29) is 22.9 Å². The van der Waals surface area contributed by atoms with Crippen LogP contribution in [-0.4, -0.2) is 86.8 Å². The second kappa shape index (κ2) is 15.5. The van der Waals surface area contributed by atoms with E-state index in [1.165, 1.54) is 24.3 Å². The Morgan fingerprint density at radius 3 is 1.84 bits per heavy atom. The van der Waals surface area contributed by atoms with Crippen molar-refractivity contribution in [3.63, 3.8) is 0 Å². The molecule has 0 fully saturated rings. The normalized spacial score (nSPS) is 19.6. The molecule has 0 amide bonds. The van der Waals surface area contributed by atoms with Crippen LogP contribution in [0.5, 0.6) is 0 Å². The molecule has 1 aliphatic carbocycles. The Bertz CT molecular complexity index is 3180. The van der Waals surface area contributed by atoms with E-state index in [2.05, 4.69) is 0 Å². The van der Waals surface area contributed by atoms with Crippen molar-refractivity contribution in [1.29, 1.82) is 0 Å². The molecular formula is C42H40ClN2O12S4-3. The number of hydrogen-bond acceptors (Lipinski definition) is 13. The largest absolute Gasteiger partial charge is 0.748 e. The van der Waals surface area contributed by atoms with Crippen molar-refractivity contribution in [3.05, 3.63) is 118 Å². The zero-order valence-corrected chi connectivity index (χ0v) is 37.4. The minimum absolute atomic E-state index is 0.164. The number of benzene rings is 4. The second-order valence-corrected chi connectivity index (χ2v) is 22.5. The summed E-state index contributed by atoms with van der Waals surface area (Å²) in [5, 5.41) is 2.73. The Morgan fingerprint density at radius 2 is 1.26 bits per heavy atom. The summed E-state index contributed by atoms with van der Waals surface area (Å²) in [5.74, 6) is -1.37. The fraction of sp³-hybridized carbons (Fsp3) is 0.310. The van der Waals surface area contributed by atoms with E-state index in [0.29, 0.717) is 68.6 Å². The van der Waals surface area contributed by atoms with Gasteiger partial charge in [-0.15, -0.1) is 0 Å². The van der Waals surface area contributed by atoms with Crippen LogP contribution in [0, 0.1) is 0 Å². The topological polar surface area (TPSA) is 235 Å². The van der Waals surface area contributed by atoms with Gasteiger partial charge >= 0.3 is 0 Å². The highest BCUT2D eigenvalue weighted by atomic mass is 35.5. The highest BCUT2D eigenvalue weighted by Gasteiger charge is 2.46. The Morgan fingerprint density at radius 1 is 0.689 bits per heavy atom. The lowest BCUT2D eigenvalue weighted by Crippen LogP contribution is -2.30. The maximum absolute atomic E-state index is 11.9. The van der Waals surface area contributed by atoms with Crippen molar-refractivity contribution in [2.75, 3.05) is 29.5 Å². The standard InChI is InChI=1S/C42H43ClN2O12S4/c1-41(2)36(44(20-22-58(46,47)48)34-16-8-28-24-30(60(52,53)54)12-14-32(28)38(34)41)18-10-26-6-5-7-27(40(26)43)11-19-37-42(3,4)39-33-15-13-31(61(55,56)57)25-29(33)9-17-35(39)45(37)21-23-59(49,50)51/h8-19,24-25H,5-7,20-23H2,1-4H3,(H3-,46,47,48,49,50,51,52,53,54,55,56,57)/p-3. The molecule has 14 nitrogen and oxygen atoms in total. The first-order valence-electron chi connectivity index (χ1n) is 19.0. The molecule has 4 aromatic carbocycles. The number of anilines is 1. The van der Waals surface area contributed by atoms with E-state index in [1.807, 2.05) is 52.0 Å². The predicted molar refractivity (Wildman–Crippen MR) is 228 cm³/mol. The molecule has 324 valence electrons. The Balaban J connectivity index is 1.29. The van der Waals surface area contributed by atoms with Crippen LogP contribution in [0.15, 0.2) is 117 Å². The Kier molecular flexibility index (Phi) is 11.4. The van der Waals surface area contributed by atoms with Gasteiger partial charge in [0.2, 0.25) is 5.69 Å². The maximum Gasteiger partial charge on any atom is 0.210 e. The van der Waals surface area contributed by atoms with E-state index >= 15 is 0 Å². The molecule has 0 atom stereocenters. The summed E-state index contributed by atoms with van der Waals surface area (Å²) in [6.07, 6.45) is 9.23. The fourth-order valence-electron chi connectivity index (χ4n) is 8.91. The monoisotopic (exact) mass is 927 g/mol. The average molecular weight is 929 g/mol. The molecule has 0 aromatic heterocycles. The third-order valence-electron chi connectivity index (χ3n) is 11.7. The van der Waals surface area contributed by atoms with Crippen LogP contribution in [0.2, 0.25) is 0 Å². The summed E-state index contributed by atoms with van der Waals surface area (Å²) in [6.45, 7) is 7.35. The summed E-state index contributed by atoms with van der Waals surface area (Å²) in [5.41, 5.74) is 3.95. The lowest BCUT2D eigenvalue weighted by atomic mass is 9.78. The number of halogens is 1. The van der Waals surface area contributed by atoms with Gasteiger partial charge in [0.25, 0.3) is 0 Å².